The smallest absolute Gasteiger partial charge is 0.258 e. The SMILES string of the molecule is O=C(COc1ccc(CN2CCCC2)cc1)NCC1(O)CCCN(c2cnccn2)C1. The van der Waals surface area contributed by atoms with Crippen molar-refractivity contribution in [2.24, 2.45) is 0 Å². The highest BCUT2D eigenvalue weighted by atomic mass is 16.5. The first-order valence-electron chi connectivity index (χ1n) is 11.0. The predicted octanol–water partition coefficient (Wildman–Crippen LogP) is 1.60. The highest BCUT2D eigenvalue weighted by molar-refractivity contribution is 5.77. The Balaban J connectivity index is 1.20. The van der Waals surface area contributed by atoms with Gasteiger partial charge in [0.15, 0.2) is 6.61 Å². The zero-order chi connectivity index (χ0) is 21.5. The van der Waals surface area contributed by atoms with Gasteiger partial charge in [-0.2, -0.15) is 0 Å². The fourth-order valence-electron chi connectivity index (χ4n) is 4.26. The zero-order valence-corrected chi connectivity index (χ0v) is 17.9. The number of likely N-dealkylation sites (tertiary alicyclic amines) is 1. The number of ether oxygens (including phenoxy) is 1. The van der Waals surface area contributed by atoms with Gasteiger partial charge >= 0.3 is 0 Å². The van der Waals surface area contributed by atoms with Crippen molar-refractivity contribution in [2.45, 2.75) is 37.8 Å². The number of aromatic nitrogens is 2. The largest absolute Gasteiger partial charge is 0.484 e. The molecule has 2 fully saturated rings. The van der Waals surface area contributed by atoms with Crippen LogP contribution in [-0.4, -0.2) is 70.8 Å². The number of anilines is 1. The Morgan fingerprint density at radius 1 is 1.13 bits per heavy atom. The molecule has 0 radical (unpaired) electrons. The number of piperidine rings is 1. The van der Waals surface area contributed by atoms with E-state index in [0.29, 0.717) is 18.7 Å². The number of amides is 1. The summed E-state index contributed by atoms with van der Waals surface area (Å²) in [5, 5.41) is 13.7. The number of nitrogens with one attached hydrogen (secondary N) is 1. The first kappa shape index (κ1) is 21.5. The van der Waals surface area contributed by atoms with Gasteiger partial charge in [0.1, 0.15) is 11.6 Å². The molecule has 1 aromatic heterocycles. The van der Waals surface area contributed by atoms with Gasteiger partial charge < -0.3 is 20.1 Å². The fourth-order valence-corrected chi connectivity index (χ4v) is 4.26. The number of aliphatic hydroxyl groups is 1. The van der Waals surface area contributed by atoms with Gasteiger partial charge in [0.25, 0.3) is 5.91 Å². The summed E-state index contributed by atoms with van der Waals surface area (Å²) in [6, 6.07) is 7.92. The molecule has 1 atom stereocenters. The molecule has 0 bridgehead atoms. The molecule has 166 valence electrons. The molecule has 0 spiro atoms. The van der Waals surface area contributed by atoms with Crippen LogP contribution in [0.3, 0.4) is 0 Å². The lowest BCUT2D eigenvalue weighted by Gasteiger charge is -2.39. The third-order valence-electron chi connectivity index (χ3n) is 5.94. The van der Waals surface area contributed by atoms with Crippen LogP contribution in [0.1, 0.15) is 31.2 Å². The Kier molecular flexibility index (Phi) is 6.99. The van der Waals surface area contributed by atoms with Crippen molar-refractivity contribution in [1.29, 1.82) is 0 Å². The van der Waals surface area contributed by atoms with Crippen LogP contribution in [0.2, 0.25) is 0 Å². The van der Waals surface area contributed by atoms with Crippen molar-refractivity contribution in [2.75, 3.05) is 44.2 Å². The molecular weight excluding hydrogens is 394 g/mol. The molecular formula is C23H31N5O3. The van der Waals surface area contributed by atoms with E-state index in [4.69, 9.17) is 4.74 Å². The average molecular weight is 426 g/mol. The van der Waals surface area contributed by atoms with Crippen molar-refractivity contribution >= 4 is 11.7 Å². The van der Waals surface area contributed by atoms with Crippen molar-refractivity contribution in [3.63, 3.8) is 0 Å². The number of hydrogen-bond acceptors (Lipinski definition) is 7. The number of benzene rings is 1. The van der Waals surface area contributed by atoms with Crippen LogP contribution in [0.15, 0.2) is 42.9 Å². The standard InChI is InChI=1S/C23H31N5O3/c29-22(16-31-20-6-4-19(5-7-20)15-27-11-1-2-12-27)26-17-23(30)8-3-13-28(18-23)21-14-24-9-10-25-21/h4-7,9-10,14,30H,1-3,8,11-13,15-18H2,(H,26,29). The van der Waals surface area contributed by atoms with E-state index < -0.39 is 5.60 Å². The van der Waals surface area contributed by atoms with Crippen molar-refractivity contribution < 1.29 is 14.6 Å². The monoisotopic (exact) mass is 425 g/mol. The van der Waals surface area contributed by atoms with Crippen LogP contribution >= 0.6 is 0 Å². The molecule has 1 amide bonds. The minimum Gasteiger partial charge on any atom is -0.484 e. The molecule has 8 heteroatoms. The highest BCUT2D eigenvalue weighted by Gasteiger charge is 2.34. The quantitative estimate of drug-likeness (QED) is 0.664. The van der Waals surface area contributed by atoms with Gasteiger partial charge in [-0.25, -0.2) is 4.98 Å². The first-order valence-corrected chi connectivity index (χ1v) is 11.0. The molecule has 4 rings (SSSR count). The lowest BCUT2D eigenvalue weighted by Crippen LogP contribution is -2.55. The van der Waals surface area contributed by atoms with E-state index >= 15 is 0 Å². The molecule has 0 saturated carbocycles. The third-order valence-corrected chi connectivity index (χ3v) is 5.94. The maximum absolute atomic E-state index is 12.3. The van der Waals surface area contributed by atoms with Gasteiger partial charge in [-0.1, -0.05) is 12.1 Å². The zero-order valence-electron chi connectivity index (χ0n) is 17.9. The fraction of sp³-hybridized carbons (Fsp3) is 0.522. The summed E-state index contributed by atoms with van der Waals surface area (Å²) in [7, 11) is 0. The molecule has 1 unspecified atom stereocenters. The van der Waals surface area contributed by atoms with Gasteiger partial charge in [0.05, 0.1) is 11.8 Å². The molecule has 31 heavy (non-hydrogen) atoms. The van der Waals surface area contributed by atoms with Crippen LogP contribution in [0, 0.1) is 0 Å². The molecule has 0 aliphatic carbocycles. The van der Waals surface area contributed by atoms with E-state index in [9.17, 15) is 9.90 Å². The van der Waals surface area contributed by atoms with Crippen LogP contribution in [0.25, 0.3) is 0 Å². The summed E-state index contributed by atoms with van der Waals surface area (Å²) in [5.41, 5.74) is 0.258. The van der Waals surface area contributed by atoms with Crippen molar-refractivity contribution in [1.82, 2.24) is 20.2 Å². The number of nitrogens with zero attached hydrogens (tertiary/aromatic N) is 4. The van der Waals surface area contributed by atoms with Crippen LogP contribution in [-0.2, 0) is 11.3 Å². The maximum Gasteiger partial charge on any atom is 0.258 e. The first-order chi connectivity index (χ1) is 15.1. The second-order valence-electron chi connectivity index (χ2n) is 8.51. The Labute approximate surface area is 183 Å². The van der Waals surface area contributed by atoms with Crippen LogP contribution < -0.4 is 15.0 Å². The second-order valence-corrected chi connectivity index (χ2v) is 8.51. The van der Waals surface area contributed by atoms with Gasteiger partial charge in [-0.15, -0.1) is 0 Å². The summed E-state index contributed by atoms with van der Waals surface area (Å²) in [6.45, 7) is 4.63. The number of carbonyl (C=O) groups is 1. The number of rotatable bonds is 8. The summed E-state index contributed by atoms with van der Waals surface area (Å²) in [5.74, 6) is 1.17. The summed E-state index contributed by atoms with van der Waals surface area (Å²) in [6.07, 6.45) is 8.97. The van der Waals surface area contributed by atoms with Crippen molar-refractivity contribution in [3.05, 3.63) is 48.4 Å². The topological polar surface area (TPSA) is 90.8 Å². The van der Waals surface area contributed by atoms with Crippen LogP contribution in [0.5, 0.6) is 5.75 Å². The number of hydrogen-bond donors (Lipinski definition) is 2. The van der Waals surface area contributed by atoms with Crippen LogP contribution in [0.4, 0.5) is 5.82 Å². The highest BCUT2D eigenvalue weighted by Crippen LogP contribution is 2.24. The maximum atomic E-state index is 12.3. The van der Waals surface area contributed by atoms with Gasteiger partial charge in [-0.05, 0) is 56.5 Å². The molecule has 3 heterocycles. The lowest BCUT2D eigenvalue weighted by atomic mass is 9.92. The number of β-amino-alcohol motifs (C(OH)–C–C–N with tert-alkyl or cyclic N) is 1. The normalized spacial score (nSPS) is 21.8. The molecule has 2 aromatic rings. The number of carbonyl (C=O) groups excluding carboxylic acids is 1. The summed E-state index contributed by atoms with van der Waals surface area (Å²) >= 11 is 0. The lowest BCUT2D eigenvalue weighted by molar-refractivity contribution is -0.124. The van der Waals surface area contributed by atoms with E-state index in [2.05, 4.69) is 32.3 Å². The van der Waals surface area contributed by atoms with Gasteiger partial charge in [0, 0.05) is 38.6 Å². The van der Waals surface area contributed by atoms with E-state index in [1.807, 2.05) is 17.0 Å². The molecule has 2 N–H and O–H groups in total. The molecule has 2 saturated heterocycles. The summed E-state index contributed by atoms with van der Waals surface area (Å²) in [4.78, 5) is 25.1. The second kappa shape index (κ2) is 10.1. The van der Waals surface area contributed by atoms with Gasteiger partial charge in [0.2, 0.25) is 0 Å². The summed E-state index contributed by atoms with van der Waals surface area (Å²) < 4.78 is 5.62. The Morgan fingerprint density at radius 3 is 2.68 bits per heavy atom. The Hall–Kier alpha value is -2.71. The minimum atomic E-state index is -0.997. The predicted molar refractivity (Wildman–Crippen MR) is 118 cm³/mol. The Bertz CT molecular complexity index is 842. The van der Waals surface area contributed by atoms with E-state index in [-0.39, 0.29) is 19.1 Å². The van der Waals surface area contributed by atoms with Gasteiger partial charge in [-0.3, -0.25) is 14.7 Å². The molecule has 2 aliphatic heterocycles. The van der Waals surface area contributed by atoms with Crippen molar-refractivity contribution in [3.8, 4) is 5.75 Å². The Morgan fingerprint density at radius 2 is 1.94 bits per heavy atom. The van der Waals surface area contributed by atoms with E-state index in [1.165, 1.54) is 31.5 Å². The van der Waals surface area contributed by atoms with E-state index in [1.54, 1.807) is 18.6 Å². The minimum absolute atomic E-state index is 0.0740. The average Bonchev–Trinajstić information content (AvgIpc) is 3.31. The molecule has 2 aliphatic rings. The molecule has 8 nitrogen and oxygen atoms in total. The third kappa shape index (κ3) is 6.15. The van der Waals surface area contributed by atoms with E-state index in [0.717, 1.165) is 25.3 Å². The molecule has 1 aromatic carbocycles.